The van der Waals surface area contributed by atoms with E-state index in [1.807, 2.05) is 0 Å². The zero-order chi connectivity index (χ0) is 23.3. The second-order valence-corrected chi connectivity index (χ2v) is 7.46. The lowest BCUT2D eigenvalue weighted by atomic mass is 9.89. The van der Waals surface area contributed by atoms with Crippen molar-refractivity contribution in [1.82, 2.24) is 0 Å². The molecule has 1 aromatic heterocycles. The van der Waals surface area contributed by atoms with Crippen LogP contribution in [0.3, 0.4) is 0 Å². The summed E-state index contributed by atoms with van der Waals surface area (Å²) < 4.78 is 11.2. The van der Waals surface area contributed by atoms with Crippen LogP contribution >= 0.6 is 0 Å². The van der Waals surface area contributed by atoms with Crippen molar-refractivity contribution < 1.29 is 50.0 Å². The highest BCUT2D eigenvalue weighted by atomic mass is 16.5. The molecule has 0 spiro atoms. The van der Waals surface area contributed by atoms with E-state index in [1.54, 1.807) is 0 Å². The van der Waals surface area contributed by atoms with E-state index in [2.05, 4.69) is 0 Å². The molecule has 8 N–H and O–H groups in total. The number of hydrogen-bond donors (Lipinski definition) is 8. The van der Waals surface area contributed by atoms with Crippen molar-refractivity contribution in [2.75, 3.05) is 6.61 Å². The zero-order valence-corrected chi connectivity index (χ0v) is 16.3. The van der Waals surface area contributed by atoms with Gasteiger partial charge < -0.3 is 50.0 Å². The van der Waals surface area contributed by atoms with Crippen molar-refractivity contribution in [2.24, 2.45) is 0 Å². The first-order valence-corrected chi connectivity index (χ1v) is 9.49. The predicted molar refractivity (Wildman–Crippen MR) is 107 cm³/mol. The van der Waals surface area contributed by atoms with Gasteiger partial charge >= 0.3 is 0 Å². The van der Waals surface area contributed by atoms with Crippen LogP contribution in [0.4, 0.5) is 0 Å². The van der Waals surface area contributed by atoms with E-state index in [0.29, 0.717) is 0 Å². The van der Waals surface area contributed by atoms with Crippen LogP contribution in [0.2, 0.25) is 0 Å². The average Bonchev–Trinajstić information content (AvgIpc) is 2.74. The van der Waals surface area contributed by atoms with Gasteiger partial charge in [0, 0.05) is 17.7 Å². The number of phenols is 4. The van der Waals surface area contributed by atoms with Crippen LogP contribution in [-0.4, -0.2) is 71.9 Å². The summed E-state index contributed by atoms with van der Waals surface area (Å²) in [6.45, 7) is -0.722. The van der Waals surface area contributed by atoms with Gasteiger partial charge in [0.05, 0.1) is 12.2 Å². The third-order valence-corrected chi connectivity index (χ3v) is 5.43. The van der Waals surface area contributed by atoms with Gasteiger partial charge in [-0.05, 0) is 18.2 Å². The first kappa shape index (κ1) is 21.9. The van der Waals surface area contributed by atoms with Crippen LogP contribution in [0, 0.1) is 0 Å². The second kappa shape index (κ2) is 7.97. The molecule has 32 heavy (non-hydrogen) atoms. The molecule has 11 heteroatoms. The second-order valence-electron chi connectivity index (χ2n) is 7.46. The van der Waals surface area contributed by atoms with Crippen LogP contribution in [0.5, 0.6) is 23.0 Å². The largest absolute Gasteiger partial charge is 0.507 e. The van der Waals surface area contributed by atoms with Crippen molar-refractivity contribution in [1.29, 1.82) is 0 Å². The Labute approximate surface area is 179 Å². The number of hydrogen-bond acceptors (Lipinski definition) is 11. The van der Waals surface area contributed by atoms with Crippen LogP contribution in [-0.2, 0) is 4.74 Å². The topological polar surface area (TPSA) is 201 Å². The first-order chi connectivity index (χ1) is 15.1. The Morgan fingerprint density at radius 3 is 2.19 bits per heavy atom. The summed E-state index contributed by atoms with van der Waals surface area (Å²) in [7, 11) is 0. The Kier molecular flexibility index (Phi) is 5.44. The SMILES string of the molecule is O=c1cc(-c2ccc(O)c(O)c2)oc2c([C@@H]3O[C@H](CO)[C@@H](O)[C@@H](O)[C@H]3O)c(O)cc(O)c12. The Balaban J connectivity index is 1.97. The van der Waals surface area contributed by atoms with E-state index in [9.17, 15) is 45.6 Å². The molecule has 0 saturated carbocycles. The minimum atomic E-state index is -1.79. The lowest BCUT2D eigenvalue weighted by Crippen LogP contribution is -2.55. The Morgan fingerprint density at radius 2 is 1.53 bits per heavy atom. The number of fused-ring (bicyclic) bond motifs is 1. The molecule has 0 radical (unpaired) electrons. The van der Waals surface area contributed by atoms with Gasteiger partial charge in [-0.15, -0.1) is 0 Å². The molecule has 170 valence electrons. The molecular weight excluding hydrogens is 428 g/mol. The van der Waals surface area contributed by atoms with Crippen LogP contribution < -0.4 is 5.43 Å². The van der Waals surface area contributed by atoms with E-state index < -0.39 is 65.6 Å². The zero-order valence-electron chi connectivity index (χ0n) is 16.3. The summed E-state index contributed by atoms with van der Waals surface area (Å²) in [4.78, 5) is 12.8. The third kappa shape index (κ3) is 3.42. The molecule has 5 atom stereocenters. The maximum absolute atomic E-state index is 12.8. The first-order valence-electron chi connectivity index (χ1n) is 9.49. The summed E-state index contributed by atoms with van der Waals surface area (Å²) in [5, 5.41) is 79.7. The molecule has 0 unspecified atom stereocenters. The molecule has 1 fully saturated rings. The number of aromatic hydroxyl groups is 4. The number of ether oxygens (including phenoxy) is 1. The smallest absolute Gasteiger partial charge is 0.197 e. The lowest BCUT2D eigenvalue weighted by Gasteiger charge is -2.40. The summed E-state index contributed by atoms with van der Waals surface area (Å²) in [5.41, 5.74) is -1.27. The monoisotopic (exact) mass is 448 g/mol. The molecule has 1 saturated heterocycles. The fourth-order valence-electron chi connectivity index (χ4n) is 3.76. The van der Waals surface area contributed by atoms with Crippen molar-refractivity contribution in [3.8, 4) is 34.3 Å². The third-order valence-electron chi connectivity index (χ3n) is 5.43. The van der Waals surface area contributed by atoms with Gasteiger partial charge in [0.25, 0.3) is 0 Å². The number of rotatable bonds is 3. The van der Waals surface area contributed by atoms with Crippen molar-refractivity contribution in [3.05, 3.63) is 46.1 Å². The summed E-state index contributed by atoms with van der Waals surface area (Å²) in [6, 6.07) is 5.47. The van der Waals surface area contributed by atoms with Gasteiger partial charge in [-0.2, -0.15) is 0 Å². The van der Waals surface area contributed by atoms with E-state index in [-0.39, 0.29) is 27.9 Å². The van der Waals surface area contributed by atoms with Crippen LogP contribution in [0.15, 0.2) is 39.5 Å². The van der Waals surface area contributed by atoms with Crippen LogP contribution in [0.1, 0.15) is 11.7 Å². The number of aliphatic hydroxyl groups is 4. The molecule has 2 heterocycles. The van der Waals surface area contributed by atoms with Gasteiger partial charge in [0.1, 0.15) is 53.2 Å². The number of aliphatic hydroxyl groups excluding tert-OH is 4. The lowest BCUT2D eigenvalue weighted by molar-refractivity contribution is -0.231. The predicted octanol–water partition coefficient (Wildman–Crippen LogP) is -0.203. The van der Waals surface area contributed by atoms with E-state index in [1.165, 1.54) is 6.07 Å². The molecule has 11 nitrogen and oxygen atoms in total. The molecule has 1 aliphatic heterocycles. The highest BCUT2D eigenvalue weighted by Gasteiger charge is 2.46. The van der Waals surface area contributed by atoms with E-state index in [4.69, 9.17) is 9.15 Å². The number of phenolic OH excluding ortho intramolecular Hbond substituents is 4. The summed E-state index contributed by atoms with van der Waals surface area (Å²) in [5.74, 6) is -2.28. The highest BCUT2D eigenvalue weighted by molar-refractivity contribution is 5.89. The Morgan fingerprint density at radius 1 is 0.812 bits per heavy atom. The molecular formula is C21H20O11. The molecule has 1 aliphatic rings. The quantitative estimate of drug-likeness (QED) is 0.247. The standard InChI is InChI=1S/C21H20O11/c22-6-14-17(28)18(29)19(30)21(32-14)16-11(26)4-10(25)15-12(27)5-13(31-20(15)16)7-1-2-8(23)9(24)3-7/h1-5,14,17-19,21-26,28-30H,6H2/t14-,17-,18-,19-,21+/m1/s1. The van der Waals surface area contributed by atoms with E-state index in [0.717, 1.165) is 24.3 Å². The van der Waals surface area contributed by atoms with Gasteiger partial charge in [0.2, 0.25) is 0 Å². The molecule has 3 aromatic rings. The maximum atomic E-state index is 12.8. The maximum Gasteiger partial charge on any atom is 0.197 e. The van der Waals surface area contributed by atoms with Crippen LogP contribution in [0.25, 0.3) is 22.3 Å². The summed E-state index contributed by atoms with van der Waals surface area (Å²) in [6.07, 6.45) is -8.07. The van der Waals surface area contributed by atoms with Crippen molar-refractivity contribution >= 4 is 11.0 Å². The molecule has 0 amide bonds. The normalized spacial score (nSPS) is 25.8. The Hall–Kier alpha value is -3.35. The molecule has 4 rings (SSSR count). The highest BCUT2D eigenvalue weighted by Crippen LogP contribution is 2.44. The molecule has 0 bridgehead atoms. The van der Waals surface area contributed by atoms with Crippen molar-refractivity contribution in [3.63, 3.8) is 0 Å². The van der Waals surface area contributed by atoms with E-state index >= 15 is 0 Å². The van der Waals surface area contributed by atoms with Gasteiger partial charge in [0.15, 0.2) is 22.5 Å². The fourth-order valence-corrected chi connectivity index (χ4v) is 3.76. The van der Waals surface area contributed by atoms with Crippen molar-refractivity contribution in [2.45, 2.75) is 30.5 Å². The summed E-state index contributed by atoms with van der Waals surface area (Å²) >= 11 is 0. The van der Waals surface area contributed by atoms with Gasteiger partial charge in [-0.25, -0.2) is 0 Å². The van der Waals surface area contributed by atoms with Gasteiger partial charge in [-0.3, -0.25) is 4.79 Å². The minimum absolute atomic E-state index is 0.117. The average molecular weight is 448 g/mol. The van der Waals surface area contributed by atoms with Gasteiger partial charge in [-0.1, -0.05) is 0 Å². The molecule has 0 aliphatic carbocycles. The minimum Gasteiger partial charge on any atom is -0.507 e. The fraction of sp³-hybridized carbons (Fsp3) is 0.286. The Bertz CT molecular complexity index is 1230. The molecule has 2 aromatic carbocycles. The number of benzene rings is 2.